The molecule has 1 aliphatic rings. The van der Waals surface area contributed by atoms with Gasteiger partial charge in [0, 0.05) is 0 Å². The number of amides is 1. The molecule has 0 aromatic heterocycles. The Morgan fingerprint density at radius 3 is 2.47 bits per heavy atom. The first-order valence-corrected chi connectivity index (χ1v) is 5.75. The Kier molecular flexibility index (Phi) is 3.07. The summed E-state index contributed by atoms with van der Waals surface area (Å²) < 4.78 is 5.17. The Labute approximate surface area is 101 Å². The van der Waals surface area contributed by atoms with E-state index in [1.165, 1.54) is 4.90 Å². The summed E-state index contributed by atoms with van der Waals surface area (Å²) in [5.74, 6) is 0.667. The number of likely N-dealkylation sites (tertiary alicyclic amines) is 1. The zero-order valence-corrected chi connectivity index (χ0v) is 10.1. The molecule has 1 aromatic rings. The third-order valence-corrected chi connectivity index (χ3v) is 3.21. The molecule has 4 heteroatoms. The summed E-state index contributed by atoms with van der Waals surface area (Å²) in [4.78, 5) is 13.2. The number of benzene rings is 1. The van der Waals surface area contributed by atoms with Crippen LogP contribution in [0.1, 0.15) is 13.8 Å². The highest BCUT2D eigenvalue weighted by molar-refractivity contribution is 5.72. The maximum Gasteiger partial charge on any atom is 0.415 e. The summed E-state index contributed by atoms with van der Waals surface area (Å²) in [7, 11) is 0. The van der Waals surface area contributed by atoms with E-state index < -0.39 is 11.7 Å². The number of rotatable bonds is 2. The molecule has 4 nitrogen and oxygen atoms in total. The van der Waals surface area contributed by atoms with E-state index in [2.05, 4.69) is 0 Å². The lowest BCUT2D eigenvalue weighted by molar-refractivity contribution is -0.113. The number of hydrogen-bond donors (Lipinski definition) is 1. The van der Waals surface area contributed by atoms with Gasteiger partial charge in [-0.15, -0.1) is 0 Å². The first-order chi connectivity index (χ1) is 8.01. The predicted molar refractivity (Wildman–Crippen MR) is 63.8 cm³/mol. The van der Waals surface area contributed by atoms with Gasteiger partial charge in [0.05, 0.1) is 13.1 Å². The highest BCUT2D eigenvalue weighted by Crippen LogP contribution is 2.29. The fourth-order valence-corrected chi connectivity index (χ4v) is 1.76. The van der Waals surface area contributed by atoms with Gasteiger partial charge in [-0.25, -0.2) is 4.79 Å². The second-order valence-electron chi connectivity index (χ2n) is 4.80. The van der Waals surface area contributed by atoms with Crippen LogP contribution in [0, 0.1) is 5.92 Å². The van der Waals surface area contributed by atoms with Crippen molar-refractivity contribution in [1.29, 1.82) is 0 Å². The Morgan fingerprint density at radius 1 is 1.35 bits per heavy atom. The lowest BCUT2D eigenvalue weighted by Gasteiger charge is -2.48. The molecule has 1 fully saturated rings. The molecule has 1 aliphatic heterocycles. The molecule has 17 heavy (non-hydrogen) atoms. The number of hydrogen-bond acceptors (Lipinski definition) is 3. The monoisotopic (exact) mass is 235 g/mol. The van der Waals surface area contributed by atoms with Crippen LogP contribution in [0.3, 0.4) is 0 Å². The van der Waals surface area contributed by atoms with Crippen molar-refractivity contribution in [3.05, 3.63) is 30.3 Å². The van der Waals surface area contributed by atoms with E-state index in [-0.39, 0.29) is 5.92 Å². The van der Waals surface area contributed by atoms with Crippen molar-refractivity contribution in [2.45, 2.75) is 19.4 Å². The van der Waals surface area contributed by atoms with Crippen LogP contribution in [0.2, 0.25) is 0 Å². The van der Waals surface area contributed by atoms with Crippen molar-refractivity contribution in [2.75, 3.05) is 13.1 Å². The molecule has 0 saturated carbocycles. The summed E-state index contributed by atoms with van der Waals surface area (Å²) in [6.45, 7) is 4.58. The Bertz CT molecular complexity index is 396. The Hall–Kier alpha value is -1.55. The zero-order chi connectivity index (χ0) is 12.5. The minimum atomic E-state index is -0.754. The molecule has 2 rings (SSSR count). The van der Waals surface area contributed by atoms with Gasteiger partial charge in [-0.3, -0.25) is 0 Å². The van der Waals surface area contributed by atoms with E-state index in [1.54, 1.807) is 12.1 Å². The Balaban J connectivity index is 1.88. The number of carbonyl (C=O) groups excluding carboxylic acids is 1. The van der Waals surface area contributed by atoms with E-state index in [9.17, 15) is 9.90 Å². The number of nitrogens with zero attached hydrogens (tertiary/aromatic N) is 1. The molecule has 1 saturated heterocycles. The zero-order valence-electron chi connectivity index (χ0n) is 10.1. The molecule has 0 atom stereocenters. The lowest BCUT2D eigenvalue weighted by Crippen LogP contribution is -2.66. The number of carbonyl (C=O) groups is 1. The van der Waals surface area contributed by atoms with Crippen molar-refractivity contribution in [3.8, 4) is 5.75 Å². The van der Waals surface area contributed by atoms with Crippen molar-refractivity contribution in [3.63, 3.8) is 0 Å². The molecular weight excluding hydrogens is 218 g/mol. The van der Waals surface area contributed by atoms with Gasteiger partial charge < -0.3 is 14.7 Å². The number of ether oxygens (including phenoxy) is 1. The van der Waals surface area contributed by atoms with E-state index >= 15 is 0 Å². The van der Waals surface area contributed by atoms with E-state index in [4.69, 9.17) is 4.74 Å². The summed E-state index contributed by atoms with van der Waals surface area (Å²) in [6, 6.07) is 8.93. The highest BCUT2D eigenvalue weighted by Gasteiger charge is 2.46. The molecule has 0 spiro atoms. The molecule has 0 unspecified atom stereocenters. The third kappa shape index (κ3) is 2.42. The van der Waals surface area contributed by atoms with Crippen molar-refractivity contribution >= 4 is 6.09 Å². The van der Waals surface area contributed by atoms with Crippen LogP contribution >= 0.6 is 0 Å². The average molecular weight is 235 g/mol. The van der Waals surface area contributed by atoms with Crippen LogP contribution in [0.15, 0.2) is 30.3 Å². The number of para-hydroxylation sites is 1. The molecule has 0 aliphatic carbocycles. The van der Waals surface area contributed by atoms with Crippen LogP contribution in [0.25, 0.3) is 0 Å². The molecule has 1 heterocycles. The van der Waals surface area contributed by atoms with Crippen LogP contribution in [-0.4, -0.2) is 34.8 Å². The predicted octanol–water partition coefficient (Wildman–Crippen LogP) is 1.89. The van der Waals surface area contributed by atoms with E-state index in [1.807, 2.05) is 32.0 Å². The summed E-state index contributed by atoms with van der Waals surface area (Å²) >= 11 is 0. The summed E-state index contributed by atoms with van der Waals surface area (Å²) in [5, 5.41) is 10.0. The first-order valence-electron chi connectivity index (χ1n) is 5.75. The maximum atomic E-state index is 11.7. The molecule has 0 radical (unpaired) electrons. The molecule has 92 valence electrons. The van der Waals surface area contributed by atoms with Gasteiger partial charge >= 0.3 is 6.09 Å². The smallest absolute Gasteiger partial charge is 0.410 e. The van der Waals surface area contributed by atoms with E-state index in [0.717, 1.165) is 0 Å². The third-order valence-electron chi connectivity index (χ3n) is 3.21. The lowest BCUT2D eigenvalue weighted by atomic mass is 9.83. The minimum Gasteiger partial charge on any atom is -0.410 e. The second-order valence-corrected chi connectivity index (χ2v) is 4.80. The van der Waals surface area contributed by atoms with Crippen LogP contribution in [0.5, 0.6) is 5.75 Å². The molecule has 1 aromatic carbocycles. The van der Waals surface area contributed by atoms with Gasteiger partial charge in [0.1, 0.15) is 11.4 Å². The molecule has 1 N–H and O–H groups in total. The van der Waals surface area contributed by atoms with Gasteiger partial charge in [-0.1, -0.05) is 32.0 Å². The van der Waals surface area contributed by atoms with Crippen LogP contribution in [0.4, 0.5) is 4.79 Å². The van der Waals surface area contributed by atoms with Gasteiger partial charge in [-0.2, -0.15) is 0 Å². The molecule has 1 amide bonds. The first kappa shape index (κ1) is 11.9. The van der Waals surface area contributed by atoms with Crippen LogP contribution < -0.4 is 4.74 Å². The number of β-amino-alcohol motifs (C(OH)–C–C–N with tert-alkyl or cyclic N) is 1. The van der Waals surface area contributed by atoms with Gasteiger partial charge in [0.25, 0.3) is 0 Å². The second kappa shape index (κ2) is 4.37. The van der Waals surface area contributed by atoms with Crippen molar-refractivity contribution in [2.24, 2.45) is 5.92 Å². The van der Waals surface area contributed by atoms with Gasteiger partial charge in [0.15, 0.2) is 0 Å². The maximum absolute atomic E-state index is 11.7. The van der Waals surface area contributed by atoms with Crippen LogP contribution in [-0.2, 0) is 0 Å². The highest BCUT2D eigenvalue weighted by atomic mass is 16.6. The summed E-state index contributed by atoms with van der Waals surface area (Å²) in [6.07, 6.45) is -0.401. The van der Waals surface area contributed by atoms with E-state index in [0.29, 0.717) is 18.8 Å². The number of aliphatic hydroxyl groups is 1. The largest absolute Gasteiger partial charge is 0.415 e. The fraction of sp³-hybridized carbons (Fsp3) is 0.462. The molecular formula is C13H17NO3. The summed E-state index contributed by atoms with van der Waals surface area (Å²) in [5.41, 5.74) is -0.754. The van der Waals surface area contributed by atoms with Gasteiger partial charge in [-0.05, 0) is 18.1 Å². The Morgan fingerprint density at radius 2 is 1.94 bits per heavy atom. The van der Waals surface area contributed by atoms with Crippen molar-refractivity contribution < 1.29 is 14.6 Å². The normalized spacial score (nSPS) is 17.8. The topological polar surface area (TPSA) is 49.8 Å². The standard InChI is InChI=1S/C13H17NO3/c1-10(2)13(16)8-14(9-13)12(15)17-11-6-4-3-5-7-11/h3-7,10,16H,8-9H2,1-2H3. The average Bonchev–Trinajstić information content (AvgIpc) is 2.25. The minimum absolute atomic E-state index is 0.142. The van der Waals surface area contributed by atoms with Crippen molar-refractivity contribution in [1.82, 2.24) is 4.90 Å². The quantitative estimate of drug-likeness (QED) is 0.851. The molecule has 0 bridgehead atoms. The fourth-order valence-electron chi connectivity index (χ4n) is 1.76. The SMILES string of the molecule is CC(C)C1(O)CN(C(=O)Oc2ccccc2)C1. The van der Waals surface area contributed by atoms with Gasteiger partial charge in [0.2, 0.25) is 0 Å².